The lowest BCUT2D eigenvalue weighted by Crippen LogP contribution is -2.45. The monoisotopic (exact) mass is 483 g/mol. The molecule has 6 heteroatoms. The van der Waals surface area contributed by atoms with Crippen molar-refractivity contribution in [1.82, 2.24) is 5.32 Å². The van der Waals surface area contributed by atoms with Gasteiger partial charge in [0.1, 0.15) is 5.75 Å². The summed E-state index contributed by atoms with van der Waals surface area (Å²) in [5, 5.41) is 6.18. The maximum absolute atomic E-state index is 13.4. The highest BCUT2D eigenvalue weighted by atomic mass is 16.5. The van der Waals surface area contributed by atoms with Gasteiger partial charge in [0.2, 0.25) is 5.91 Å². The molecule has 186 valence electrons. The van der Waals surface area contributed by atoms with Crippen molar-refractivity contribution in [3.05, 3.63) is 89.5 Å². The first-order chi connectivity index (χ1) is 17.4. The lowest BCUT2D eigenvalue weighted by molar-refractivity contribution is -0.129. The summed E-state index contributed by atoms with van der Waals surface area (Å²) in [5.74, 6) is 0.329. The lowest BCUT2D eigenvalue weighted by Gasteiger charge is -2.33. The molecule has 2 aliphatic heterocycles. The maximum atomic E-state index is 13.4. The number of para-hydroxylation sites is 1. The second-order valence-electron chi connectivity index (χ2n) is 10.1. The molecule has 1 saturated heterocycles. The summed E-state index contributed by atoms with van der Waals surface area (Å²) in [6.07, 6.45) is 3.85. The molecule has 3 aromatic rings. The maximum Gasteiger partial charge on any atom is 0.268 e. The summed E-state index contributed by atoms with van der Waals surface area (Å²) in [4.78, 5) is 28.0. The van der Waals surface area contributed by atoms with Gasteiger partial charge < -0.3 is 20.3 Å². The van der Waals surface area contributed by atoms with Gasteiger partial charge in [0, 0.05) is 24.3 Å². The molecule has 1 fully saturated rings. The Bertz CT molecular complexity index is 1250. The lowest BCUT2D eigenvalue weighted by atomic mass is 9.95. The van der Waals surface area contributed by atoms with Crippen LogP contribution in [0.4, 0.5) is 11.4 Å². The van der Waals surface area contributed by atoms with Crippen molar-refractivity contribution in [1.29, 1.82) is 0 Å². The first kappa shape index (κ1) is 23.9. The smallest absolute Gasteiger partial charge is 0.268 e. The van der Waals surface area contributed by atoms with Crippen LogP contribution in [0.5, 0.6) is 5.75 Å². The molecular formula is C30H33N3O3. The van der Waals surface area contributed by atoms with E-state index in [0.717, 1.165) is 29.8 Å². The van der Waals surface area contributed by atoms with Gasteiger partial charge in [-0.2, -0.15) is 0 Å². The molecule has 6 nitrogen and oxygen atoms in total. The van der Waals surface area contributed by atoms with E-state index in [9.17, 15) is 9.59 Å². The molecule has 3 aromatic carbocycles. The number of amides is 2. The standard InChI is InChI=1S/C30H33N3O3/c1-30(2)29(35)31-24-16-15-21(19-26(24)36-30)20-27(34)32-28(22-11-5-3-6-12-22)23-13-7-8-14-25(23)33-17-9-4-10-18-33/h3,5-8,11-16,19,28H,4,9-10,17-18,20H2,1-2H3,(H,31,35)(H,32,34). The number of rotatable bonds is 6. The van der Waals surface area contributed by atoms with Crippen molar-refractivity contribution in [2.24, 2.45) is 0 Å². The summed E-state index contributed by atoms with van der Waals surface area (Å²) < 4.78 is 5.91. The van der Waals surface area contributed by atoms with Crippen molar-refractivity contribution in [2.75, 3.05) is 23.3 Å². The van der Waals surface area contributed by atoms with E-state index < -0.39 is 5.60 Å². The number of fused-ring (bicyclic) bond motifs is 1. The Morgan fingerprint density at radius 2 is 1.72 bits per heavy atom. The second-order valence-corrected chi connectivity index (χ2v) is 10.1. The SMILES string of the molecule is CC1(C)Oc2cc(CC(=O)NC(c3ccccc3)c3ccccc3N3CCCCC3)ccc2NC1=O. The topological polar surface area (TPSA) is 70.7 Å². The summed E-state index contributed by atoms with van der Waals surface area (Å²) >= 11 is 0. The summed E-state index contributed by atoms with van der Waals surface area (Å²) in [5.41, 5.74) is 3.84. The first-order valence-corrected chi connectivity index (χ1v) is 12.7. The highest BCUT2D eigenvalue weighted by molar-refractivity contribution is 6.00. The summed E-state index contributed by atoms with van der Waals surface area (Å²) in [6, 6.07) is 23.8. The van der Waals surface area contributed by atoms with E-state index in [4.69, 9.17) is 4.74 Å². The predicted molar refractivity (Wildman–Crippen MR) is 142 cm³/mol. The number of carbonyl (C=O) groups is 2. The minimum Gasteiger partial charge on any atom is -0.476 e. The van der Waals surface area contributed by atoms with E-state index in [2.05, 4.69) is 45.9 Å². The van der Waals surface area contributed by atoms with Gasteiger partial charge in [0.25, 0.3) is 5.91 Å². The van der Waals surface area contributed by atoms with Crippen LogP contribution in [-0.4, -0.2) is 30.5 Å². The van der Waals surface area contributed by atoms with E-state index in [1.165, 1.54) is 24.9 Å². The third-order valence-electron chi connectivity index (χ3n) is 6.95. The van der Waals surface area contributed by atoms with E-state index in [1.54, 1.807) is 19.9 Å². The highest BCUT2D eigenvalue weighted by Crippen LogP contribution is 2.35. The number of ether oxygens (including phenoxy) is 1. The molecule has 1 unspecified atom stereocenters. The molecule has 2 amide bonds. The third kappa shape index (κ3) is 5.08. The average molecular weight is 484 g/mol. The number of hydrogen-bond acceptors (Lipinski definition) is 4. The Hall–Kier alpha value is -3.80. The quantitative estimate of drug-likeness (QED) is 0.503. The molecule has 5 rings (SSSR count). The Morgan fingerprint density at radius 3 is 2.50 bits per heavy atom. The number of hydrogen-bond donors (Lipinski definition) is 2. The molecule has 1 atom stereocenters. The largest absolute Gasteiger partial charge is 0.476 e. The molecule has 0 aliphatic carbocycles. The van der Waals surface area contributed by atoms with Crippen LogP contribution in [0, 0.1) is 0 Å². The van der Waals surface area contributed by atoms with Crippen LogP contribution in [0.15, 0.2) is 72.8 Å². The molecule has 0 saturated carbocycles. The molecule has 0 radical (unpaired) electrons. The van der Waals surface area contributed by atoms with Gasteiger partial charge in [0.15, 0.2) is 5.60 Å². The molecule has 2 aliphatic rings. The van der Waals surface area contributed by atoms with E-state index in [1.807, 2.05) is 36.4 Å². The number of nitrogens with zero attached hydrogens (tertiary/aromatic N) is 1. The van der Waals surface area contributed by atoms with Crippen LogP contribution in [0.25, 0.3) is 0 Å². The fourth-order valence-electron chi connectivity index (χ4n) is 5.00. The molecular weight excluding hydrogens is 450 g/mol. The van der Waals surface area contributed by atoms with Gasteiger partial charge in [-0.25, -0.2) is 0 Å². The zero-order chi connectivity index (χ0) is 25.1. The van der Waals surface area contributed by atoms with Crippen molar-refractivity contribution in [2.45, 2.75) is 51.2 Å². The van der Waals surface area contributed by atoms with Crippen LogP contribution in [0.1, 0.15) is 55.8 Å². The Kier molecular flexibility index (Phi) is 6.68. The number of nitrogens with one attached hydrogen (secondary N) is 2. The average Bonchev–Trinajstić information content (AvgIpc) is 2.89. The van der Waals surface area contributed by atoms with Crippen molar-refractivity contribution in [3.8, 4) is 5.75 Å². The second kappa shape index (κ2) is 10.1. The van der Waals surface area contributed by atoms with Gasteiger partial charge in [-0.15, -0.1) is 0 Å². The highest BCUT2D eigenvalue weighted by Gasteiger charge is 2.35. The Labute approximate surface area is 212 Å². The number of anilines is 2. The van der Waals surface area contributed by atoms with Crippen molar-refractivity contribution >= 4 is 23.2 Å². The molecule has 2 heterocycles. The third-order valence-corrected chi connectivity index (χ3v) is 6.95. The Morgan fingerprint density at radius 1 is 1.00 bits per heavy atom. The summed E-state index contributed by atoms with van der Waals surface area (Å²) in [6.45, 7) is 5.53. The van der Waals surface area contributed by atoms with Crippen LogP contribution < -0.4 is 20.3 Å². The molecule has 2 N–H and O–H groups in total. The molecule has 36 heavy (non-hydrogen) atoms. The van der Waals surface area contributed by atoms with E-state index in [0.29, 0.717) is 11.4 Å². The van der Waals surface area contributed by atoms with Gasteiger partial charge in [-0.1, -0.05) is 54.6 Å². The van der Waals surface area contributed by atoms with Crippen LogP contribution in [0.3, 0.4) is 0 Å². The molecule has 0 spiro atoms. The number of benzene rings is 3. The van der Waals surface area contributed by atoms with E-state index in [-0.39, 0.29) is 24.3 Å². The van der Waals surface area contributed by atoms with Gasteiger partial charge >= 0.3 is 0 Å². The molecule has 0 bridgehead atoms. The fourth-order valence-corrected chi connectivity index (χ4v) is 5.00. The first-order valence-electron chi connectivity index (χ1n) is 12.7. The van der Waals surface area contributed by atoms with E-state index >= 15 is 0 Å². The zero-order valence-electron chi connectivity index (χ0n) is 20.9. The van der Waals surface area contributed by atoms with Crippen LogP contribution >= 0.6 is 0 Å². The van der Waals surface area contributed by atoms with Crippen LogP contribution in [-0.2, 0) is 16.0 Å². The predicted octanol–water partition coefficient (Wildman–Crippen LogP) is 5.23. The fraction of sp³-hybridized carbons (Fsp3) is 0.333. The van der Waals surface area contributed by atoms with Crippen molar-refractivity contribution in [3.63, 3.8) is 0 Å². The van der Waals surface area contributed by atoms with Gasteiger partial charge in [0.05, 0.1) is 18.2 Å². The minimum absolute atomic E-state index is 0.0728. The van der Waals surface area contributed by atoms with Crippen LogP contribution in [0.2, 0.25) is 0 Å². The number of piperidine rings is 1. The number of carbonyl (C=O) groups excluding carboxylic acids is 2. The van der Waals surface area contributed by atoms with Crippen molar-refractivity contribution < 1.29 is 14.3 Å². The summed E-state index contributed by atoms with van der Waals surface area (Å²) in [7, 11) is 0. The molecule has 0 aromatic heterocycles. The minimum atomic E-state index is -0.954. The normalized spacial score (nSPS) is 17.4. The van der Waals surface area contributed by atoms with Gasteiger partial charge in [-0.05, 0) is 62.4 Å². The van der Waals surface area contributed by atoms with Gasteiger partial charge in [-0.3, -0.25) is 9.59 Å². The zero-order valence-corrected chi connectivity index (χ0v) is 20.9. The Balaban J connectivity index is 1.40.